The molecule has 0 aliphatic carbocycles. The topological polar surface area (TPSA) is 114 Å². The third-order valence-electron chi connectivity index (χ3n) is 0. The van der Waals surface area contributed by atoms with E-state index in [0.29, 0.717) is 0 Å². The zero-order valence-electron chi connectivity index (χ0n) is 4.43. The van der Waals surface area contributed by atoms with Crippen LogP contribution in [0.25, 0.3) is 0 Å². The lowest BCUT2D eigenvalue weighted by Crippen LogP contribution is -1.81. The Labute approximate surface area is 68.8 Å². The Morgan fingerprint density at radius 3 is 0.818 bits per heavy atom. The Balaban J connectivity index is -0.000000107. The minimum atomic E-state index is -5.42. The normalized spacial score (nSPS) is 10.5. The summed E-state index contributed by atoms with van der Waals surface area (Å²) in [5.41, 5.74) is 0. The van der Waals surface area contributed by atoms with E-state index in [0.717, 1.165) is 0 Å². The highest BCUT2D eigenvalue weighted by Crippen LogP contribution is 1.74. The molecule has 0 bridgehead atoms. The van der Waals surface area contributed by atoms with Gasteiger partial charge in [0.1, 0.15) is 0 Å². The lowest BCUT2D eigenvalue weighted by Gasteiger charge is -1.84. The first-order valence-electron chi connectivity index (χ1n) is 1.31. The molecular formula is F2O6S3. The van der Waals surface area contributed by atoms with Gasteiger partial charge in [-0.25, -0.2) is 16.8 Å². The predicted octanol–water partition coefficient (Wildman–Crippen LogP) is -1.17. The van der Waals surface area contributed by atoms with Crippen LogP contribution in [0.5, 0.6) is 0 Å². The lowest BCUT2D eigenvalue weighted by atomic mass is 15.9. The predicted molar refractivity (Wildman–Crippen MR) is 29.0 cm³/mol. The van der Waals surface area contributed by atoms with Crippen molar-refractivity contribution in [3.63, 3.8) is 0 Å². The number of halogens is 2. The molecule has 0 rings (SSSR count). The molecule has 0 unspecified atom stereocenters. The molecule has 11 heavy (non-hydrogen) atoms. The van der Waals surface area contributed by atoms with Gasteiger partial charge in [0, 0.05) is 0 Å². The fraction of sp³-hybridized carbons (Fsp3) is 0. The second kappa shape index (κ2) is 5.65. The van der Waals surface area contributed by atoms with E-state index in [9.17, 15) is 7.77 Å². The molecule has 6 nitrogen and oxygen atoms in total. The highest BCUT2D eigenvalue weighted by molar-refractivity contribution is 7.80. The first-order valence-corrected chi connectivity index (χ1v) is 3.93. The van der Waals surface area contributed by atoms with Gasteiger partial charge in [-0.1, -0.05) is 0 Å². The summed E-state index contributed by atoms with van der Waals surface area (Å²) in [5, 5.41) is 0. The van der Waals surface area contributed by atoms with E-state index in [-0.39, 0.29) is 13.5 Å². The highest BCUT2D eigenvalue weighted by Gasteiger charge is 2.00. The van der Waals surface area contributed by atoms with Crippen LogP contribution < -0.4 is 0 Å². The largest absolute Gasteiger partial charge is 2.00 e. The molecule has 0 aromatic heterocycles. The van der Waals surface area contributed by atoms with Gasteiger partial charge in [-0.3, -0.25) is 0 Å². The molecule has 0 aliphatic heterocycles. The molecule has 0 saturated carbocycles. The van der Waals surface area contributed by atoms with Crippen molar-refractivity contribution in [1.29, 1.82) is 0 Å². The molecular weight excluding hydrogens is 230 g/mol. The van der Waals surface area contributed by atoms with Crippen molar-refractivity contribution in [1.82, 2.24) is 0 Å². The average Bonchev–Trinajstić information content (AvgIpc) is 1.12. The Hall–Kier alpha value is 0.0300. The van der Waals surface area contributed by atoms with Crippen molar-refractivity contribution >= 4 is 34.5 Å². The molecule has 0 fully saturated rings. The monoisotopic (exact) mass is 230 g/mol. The van der Waals surface area contributed by atoms with Gasteiger partial charge in [0.2, 0.25) is 0 Å². The number of hydrogen-bond acceptors (Lipinski definition) is 6. The van der Waals surface area contributed by atoms with Gasteiger partial charge >= 0.3 is 13.5 Å². The first-order chi connectivity index (χ1) is 4.00. The van der Waals surface area contributed by atoms with Crippen LogP contribution in [-0.2, 0) is 34.5 Å². The summed E-state index contributed by atoms with van der Waals surface area (Å²) in [6.07, 6.45) is 0. The third kappa shape index (κ3) is 719000. The Morgan fingerprint density at radius 1 is 0.818 bits per heavy atom. The molecule has 4 radical (unpaired) electrons. The van der Waals surface area contributed by atoms with E-state index >= 15 is 0 Å². The zero-order valence-corrected chi connectivity index (χ0v) is 6.88. The SMILES string of the molecule is O=S(=O)([O-])F.O=S(=O)([O-])F.[S+2]. The smallest absolute Gasteiger partial charge is 0.722 e. The van der Waals surface area contributed by atoms with Crippen LogP contribution in [0.4, 0.5) is 7.77 Å². The van der Waals surface area contributed by atoms with Crippen molar-refractivity contribution in [3.05, 3.63) is 0 Å². The van der Waals surface area contributed by atoms with Crippen LogP contribution >= 0.6 is 0 Å². The van der Waals surface area contributed by atoms with Gasteiger partial charge in [0.05, 0.1) is 0 Å². The van der Waals surface area contributed by atoms with Crippen molar-refractivity contribution in [2.24, 2.45) is 0 Å². The maximum absolute atomic E-state index is 10.1. The average molecular weight is 230 g/mol. The van der Waals surface area contributed by atoms with Crippen molar-refractivity contribution < 1.29 is 33.7 Å². The van der Waals surface area contributed by atoms with Crippen molar-refractivity contribution in [3.8, 4) is 0 Å². The van der Waals surface area contributed by atoms with Crippen LogP contribution in [0.1, 0.15) is 0 Å². The van der Waals surface area contributed by atoms with Gasteiger partial charge in [0.25, 0.3) is 21.0 Å². The molecule has 11 heteroatoms. The van der Waals surface area contributed by atoms with E-state index in [1.165, 1.54) is 0 Å². The molecule has 0 atom stereocenters. The highest BCUT2D eigenvalue weighted by atomic mass is 32.3. The second-order valence-corrected chi connectivity index (χ2v) is 2.36. The fourth-order valence-corrected chi connectivity index (χ4v) is 0. The molecule has 0 aromatic carbocycles. The molecule has 0 amide bonds. The Bertz CT molecular complexity index is 212. The number of rotatable bonds is 0. The van der Waals surface area contributed by atoms with Crippen LogP contribution in [0, 0.1) is 0 Å². The van der Waals surface area contributed by atoms with Gasteiger partial charge in [-0.2, -0.15) is 0 Å². The molecule has 0 saturated heterocycles. The first kappa shape index (κ1) is 17.2. The zero-order chi connectivity index (χ0) is 9.00. The maximum atomic E-state index is 10.1. The lowest BCUT2D eigenvalue weighted by molar-refractivity contribution is 0.414. The van der Waals surface area contributed by atoms with Crippen LogP contribution in [-0.4, -0.2) is 25.9 Å². The number of hydrogen-bond donors (Lipinski definition) is 0. The summed E-state index contributed by atoms with van der Waals surface area (Å²) in [4.78, 5) is 0. The Kier molecular flexibility index (Phi) is 8.84. The van der Waals surface area contributed by atoms with E-state index in [1.54, 1.807) is 0 Å². The summed E-state index contributed by atoms with van der Waals surface area (Å²) in [6.45, 7) is 0. The minimum absolute atomic E-state index is 0. The maximum Gasteiger partial charge on any atom is 2.00 e. The van der Waals surface area contributed by atoms with Gasteiger partial charge in [-0.05, 0) is 0 Å². The quantitative estimate of drug-likeness (QED) is 0.382. The van der Waals surface area contributed by atoms with Crippen LogP contribution in [0.2, 0.25) is 0 Å². The standard InChI is InChI=1S/2FHO3S.S/c2*1-5(2,3)4;/h2*(H,2,3,4);/q;;+2/p-2. The summed E-state index contributed by atoms with van der Waals surface area (Å²) < 4.78 is 70.7. The minimum Gasteiger partial charge on any atom is -0.722 e. The molecule has 0 N–H and O–H groups in total. The molecule has 0 aromatic rings. The van der Waals surface area contributed by atoms with E-state index in [1.807, 2.05) is 0 Å². The van der Waals surface area contributed by atoms with E-state index < -0.39 is 21.0 Å². The molecule has 0 heterocycles. The van der Waals surface area contributed by atoms with Gasteiger partial charge in [0.15, 0.2) is 0 Å². The molecule has 0 aliphatic rings. The summed E-state index contributed by atoms with van der Waals surface area (Å²) in [7, 11) is -10.8. The van der Waals surface area contributed by atoms with E-state index in [4.69, 9.17) is 25.9 Å². The van der Waals surface area contributed by atoms with E-state index in [2.05, 4.69) is 0 Å². The van der Waals surface area contributed by atoms with Crippen LogP contribution in [0.15, 0.2) is 0 Å². The fourth-order valence-electron chi connectivity index (χ4n) is 0. The summed E-state index contributed by atoms with van der Waals surface area (Å²) in [5.74, 6) is 0. The van der Waals surface area contributed by atoms with Gasteiger partial charge in [-0.15, -0.1) is 7.77 Å². The van der Waals surface area contributed by atoms with Crippen molar-refractivity contribution in [2.45, 2.75) is 0 Å². The Morgan fingerprint density at radius 2 is 0.818 bits per heavy atom. The molecule has 0 spiro atoms. The van der Waals surface area contributed by atoms with Crippen LogP contribution in [0.3, 0.4) is 0 Å². The summed E-state index contributed by atoms with van der Waals surface area (Å²) >= 11 is 0. The van der Waals surface area contributed by atoms with Gasteiger partial charge < -0.3 is 9.11 Å². The van der Waals surface area contributed by atoms with Crippen molar-refractivity contribution in [2.75, 3.05) is 0 Å². The second-order valence-electron chi connectivity index (χ2n) is 0.786. The summed E-state index contributed by atoms with van der Waals surface area (Å²) in [6, 6.07) is 0. The molecule has 68 valence electrons. The third-order valence-corrected chi connectivity index (χ3v) is 0.